The zero-order valence-corrected chi connectivity index (χ0v) is 11.2. The molecule has 3 heteroatoms. The lowest BCUT2D eigenvalue weighted by Crippen LogP contribution is -2.39. The molecule has 1 aliphatic rings. The predicted molar refractivity (Wildman–Crippen MR) is 68.7 cm³/mol. The molecule has 0 aromatic carbocycles. The maximum absolute atomic E-state index is 11.7. The van der Waals surface area contributed by atoms with E-state index in [4.69, 9.17) is 11.6 Å². The summed E-state index contributed by atoms with van der Waals surface area (Å²) in [7, 11) is 0. The van der Waals surface area contributed by atoms with Crippen molar-refractivity contribution in [3.63, 3.8) is 0 Å². The van der Waals surface area contributed by atoms with Crippen LogP contribution in [0.1, 0.15) is 52.4 Å². The van der Waals surface area contributed by atoms with Gasteiger partial charge in [0.25, 0.3) is 0 Å². The molecule has 0 aliphatic heterocycles. The highest BCUT2D eigenvalue weighted by Gasteiger charge is 2.18. The van der Waals surface area contributed by atoms with Crippen molar-refractivity contribution in [2.24, 2.45) is 11.8 Å². The molecule has 2 nitrogen and oxygen atoms in total. The molecule has 1 aliphatic carbocycles. The molecule has 0 heterocycles. The first-order chi connectivity index (χ1) is 7.63. The monoisotopic (exact) mass is 245 g/mol. The van der Waals surface area contributed by atoms with E-state index in [2.05, 4.69) is 19.2 Å². The Bertz CT molecular complexity index is 212. The van der Waals surface area contributed by atoms with Crippen LogP contribution in [-0.4, -0.2) is 17.8 Å². The van der Waals surface area contributed by atoms with Crippen LogP contribution in [0, 0.1) is 11.8 Å². The van der Waals surface area contributed by atoms with Crippen LogP contribution < -0.4 is 5.32 Å². The Hall–Kier alpha value is -0.240. The van der Waals surface area contributed by atoms with Crippen LogP contribution in [0.3, 0.4) is 0 Å². The molecule has 0 aromatic heterocycles. The highest BCUT2D eigenvalue weighted by molar-refractivity contribution is 6.18. The predicted octanol–water partition coefficient (Wildman–Crippen LogP) is 3.34. The number of carbonyl (C=O) groups excluding carboxylic acids is 1. The smallest absolute Gasteiger partial charge is 0.220 e. The van der Waals surface area contributed by atoms with Crippen molar-refractivity contribution in [2.75, 3.05) is 5.88 Å². The number of hydrogen-bond acceptors (Lipinski definition) is 1. The molecule has 1 saturated carbocycles. The van der Waals surface area contributed by atoms with Gasteiger partial charge in [0.1, 0.15) is 0 Å². The fraction of sp³-hybridized carbons (Fsp3) is 0.923. The van der Waals surface area contributed by atoms with Crippen LogP contribution in [0.2, 0.25) is 0 Å². The molecule has 16 heavy (non-hydrogen) atoms. The lowest BCUT2D eigenvalue weighted by molar-refractivity contribution is -0.122. The number of alkyl halides is 1. The Kier molecular flexibility index (Phi) is 6.18. The first-order valence-corrected chi connectivity index (χ1v) is 7.02. The third kappa shape index (κ3) is 4.73. The fourth-order valence-corrected chi connectivity index (χ4v) is 2.73. The van der Waals surface area contributed by atoms with Gasteiger partial charge in [-0.1, -0.05) is 39.5 Å². The summed E-state index contributed by atoms with van der Waals surface area (Å²) < 4.78 is 0. The number of amides is 1. The van der Waals surface area contributed by atoms with Gasteiger partial charge in [-0.05, 0) is 18.3 Å². The van der Waals surface area contributed by atoms with Gasteiger partial charge >= 0.3 is 0 Å². The van der Waals surface area contributed by atoms with Crippen LogP contribution in [0.4, 0.5) is 0 Å². The molecule has 1 N–H and O–H groups in total. The summed E-state index contributed by atoms with van der Waals surface area (Å²) in [6.07, 6.45) is 7.06. The molecule has 94 valence electrons. The van der Waals surface area contributed by atoms with Crippen molar-refractivity contribution in [1.29, 1.82) is 0 Å². The van der Waals surface area contributed by atoms with Gasteiger partial charge < -0.3 is 5.32 Å². The van der Waals surface area contributed by atoms with Gasteiger partial charge in [0.2, 0.25) is 5.91 Å². The fourth-order valence-electron chi connectivity index (χ4n) is 2.30. The number of halogens is 1. The minimum atomic E-state index is 0.123. The molecule has 0 radical (unpaired) electrons. The number of hydrogen-bond donors (Lipinski definition) is 1. The maximum Gasteiger partial charge on any atom is 0.220 e. The Morgan fingerprint density at radius 1 is 1.38 bits per heavy atom. The van der Waals surface area contributed by atoms with E-state index < -0.39 is 0 Å². The molecule has 1 rings (SSSR count). The Morgan fingerprint density at radius 2 is 2.00 bits per heavy atom. The quantitative estimate of drug-likeness (QED) is 0.715. The van der Waals surface area contributed by atoms with E-state index in [9.17, 15) is 4.79 Å². The van der Waals surface area contributed by atoms with E-state index in [1.54, 1.807) is 0 Å². The van der Waals surface area contributed by atoms with Crippen LogP contribution in [-0.2, 0) is 4.79 Å². The van der Waals surface area contributed by atoms with Crippen molar-refractivity contribution in [1.82, 2.24) is 5.32 Å². The minimum absolute atomic E-state index is 0.123. The number of rotatable bonds is 6. The SMILES string of the molecule is CC(C)C(CCl)NC(=O)CCC1CCCC1. The second-order valence-electron chi connectivity index (χ2n) is 5.26. The van der Waals surface area contributed by atoms with Crippen LogP contribution in [0.5, 0.6) is 0 Å². The lowest BCUT2D eigenvalue weighted by Gasteiger charge is -2.20. The third-order valence-electron chi connectivity index (χ3n) is 3.57. The first kappa shape index (κ1) is 13.8. The topological polar surface area (TPSA) is 29.1 Å². The largest absolute Gasteiger partial charge is 0.352 e. The highest BCUT2D eigenvalue weighted by Crippen LogP contribution is 2.28. The second-order valence-corrected chi connectivity index (χ2v) is 5.57. The van der Waals surface area contributed by atoms with Gasteiger partial charge in [0, 0.05) is 18.3 Å². The molecular formula is C13H24ClNO. The molecule has 1 atom stereocenters. The number of carbonyl (C=O) groups is 1. The van der Waals surface area contributed by atoms with Crippen molar-refractivity contribution in [3.05, 3.63) is 0 Å². The average molecular weight is 246 g/mol. The molecule has 1 amide bonds. The van der Waals surface area contributed by atoms with Gasteiger partial charge in [-0.3, -0.25) is 4.79 Å². The first-order valence-electron chi connectivity index (χ1n) is 6.48. The van der Waals surface area contributed by atoms with Gasteiger partial charge in [-0.25, -0.2) is 0 Å². The molecule has 1 fully saturated rings. The summed E-state index contributed by atoms with van der Waals surface area (Å²) in [5.41, 5.74) is 0. The van der Waals surface area contributed by atoms with E-state index >= 15 is 0 Å². The molecule has 1 unspecified atom stereocenters. The molecule has 0 spiro atoms. The van der Waals surface area contributed by atoms with E-state index in [0.717, 1.165) is 12.3 Å². The Labute approximate surface area is 104 Å². The van der Waals surface area contributed by atoms with Gasteiger partial charge in [0.15, 0.2) is 0 Å². The summed E-state index contributed by atoms with van der Waals surface area (Å²) in [5, 5.41) is 3.02. The van der Waals surface area contributed by atoms with E-state index in [1.165, 1.54) is 25.7 Å². The third-order valence-corrected chi connectivity index (χ3v) is 3.90. The maximum atomic E-state index is 11.7. The van der Waals surface area contributed by atoms with Crippen LogP contribution >= 0.6 is 11.6 Å². The zero-order chi connectivity index (χ0) is 12.0. The van der Waals surface area contributed by atoms with Crippen molar-refractivity contribution in [3.8, 4) is 0 Å². The van der Waals surface area contributed by atoms with Gasteiger partial charge in [0.05, 0.1) is 0 Å². The molecule has 0 aromatic rings. The van der Waals surface area contributed by atoms with E-state index in [0.29, 0.717) is 18.2 Å². The Balaban J connectivity index is 2.18. The lowest BCUT2D eigenvalue weighted by atomic mass is 10.0. The number of nitrogens with one attached hydrogen (secondary N) is 1. The van der Waals surface area contributed by atoms with E-state index in [1.807, 2.05) is 0 Å². The summed E-state index contributed by atoms with van der Waals surface area (Å²) >= 11 is 5.82. The summed E-state index contributed by atoms with van der Waals surface area (Å²) in [4.78, 5) is 11.7. The molecule has 0 saturated heterocycles. The summed E-state index contributed by atoms with van der Waals surface area (Å²) in [6.45, 7) is 4.18. The normalized spacial score (nSPS) is 19.0. The van der Waals surface area contributed by atoms with Crippen molar-refractivity contribution in [2.45, 2.75) is 58.4 Å². The van der Waals surface area contributed by atoms with Crippen molar-refractivity contribution < 1.29 is 4.79 Å². The average Bonchev–Trinajstić information content (AvgIpc) is 2.75. The van der Waals surface area contributed by atoms with E-state index in [-0.39, 0.29) is 11.9 Å². The summed E-state index contributed by atoms with van der Waals surface area (Å²) in [6, 6.07) is 0.123. The van der Waals surface area contributed by atoms with Crippen LogP contribution in [0.15, 0.2) is 0 Å². The highest BCUT2D eigenvalue weighted by atomic mass is 35.5. The molecule has 0 bridgehead atoms. The minimum Gasteiger partial charge on any atom is -0.352 e. The summed E-state index contributed by atoms with van der Waals surface area (Å²) in [5.74, 6) is 1.88. The van der Waals surface area contributed by atoms with Gasteiger partial charge in [-0.2, -0.15) is 0 Å². The van der Waals surface area contributed by atoms with Gasteiger partial charge in [-0.15, -0.1) is 11.6 Å². The standard InChI is InChI=1S/C13H24ClNO/c1-10(2)12(9-14)15-13(16)8-7-11-5-3-4-6-11/h10-12H,3-9H2,1-2H3,(H,15,16). The van der Waals surface area contributed by atoms with Crippen LogP contribution in [0.25, 0.3) is 0 Å². The Morgan fingerprint density at radius 3 is 2.50 bits per heavy atom. The zero-order valence-electron chi connectivity index (χ0n) is 10.5. The molecular weight excluding hydrogens is 222 g/mol. The van der Waals surface area contributed by atoms with Crippen molar-refractivity contribution >= 4 is 17.5 Å². The second kappa shape index (κ2) is 7.16.